The third-order valence-corrected chi connectivity index (χ3v) is 4.98. The van der Waals surface area contributed by atoms with Crippen LogP contribution in [-0.2, 0) is 0 Å². The lowest BCUT2D eigenvalue weighted by atomic mass is 9.83. The topological polar surface area (TPSA) is 15.3 Å². The summed E-state index contributed by atoms with van der Waals surface area (Å²) in [5.74, 6) is 0. The normalized spacial score (nSPS) is 21.3. The standard InChI is InChI=1S/C19H40N2/c1-7-14-19(5,15-20-18(2,3)4)16-21(6)17-12-10-8-9-11-13-17/h17,20H,7-16H2,1-6H3. The van der Waals surface area contributed by atoms with Gasteiger partial charge >= 0.3 is 0 Å². The Morgan fingerprint density at radius 2 is 1.57 bits per heavy atom. The van der Waals surface area contributed by atoms with Gasteiger partial charge in [-0.05, 0) is 52.5 Å². The molecule has 0 aromatic carbocycles. The van der Waals surface area contributed by atoms with Crippen molar-refractivity contribution in [3.05, 3.63) is 0 Å². The maximum Gasteiger partial charge on any atom is 0.00967 e. The van der Waals surface area contributed by atoms with Crippen LogP contribution in [0, 0.1) is 5.41 Å². The third kappa shape index (κ3) is 7.65. The minimum atomic E-state index is 0.218. The zero-order valence-electron chi connectivity index (χ0n) is 15.6. The second-order valence-corrected chi connectivity index (χ2v) is 8.72. The largest absolute Gasteiger partial charge is 0.311 e. The van der Waals surface area contributed by atoms with Crippen molar-refractivity contribution in [1.29, 1.82) is 0 Å². The molecule has 0 bridgehead atoms. The summed E-state index contributed by atoms with van der Waals surface area (Å²) in [7, 11) is 2.36. The number of nitrogens with zero attached hydrogens (tertiary/aromatic N) is 1. The van der Waals surface area contributed by atoms with Crippen LogP contribution in [0.4, 0.5) is 0 Å². The Morgan fingerprint density at radius 3 is 2.05 bits per heavy atom. The highest BCUT2D eigenvalue weighted by Crippen LogP contribution is 2.28. The van der Waals surface area contributed by atoms with Gasteiger partial charge in [0.25, 0.3) is 0 Å². The number of hydrogen-bond acceptors (Lipinski definition) is 2. The second-order valence-electron chi connectivity index (χ2n) is 8.72. The minimum absolute atomic E-state index is 0.218. The first-order chi connectivity index (χ1) is 9.76. The van der Waals surface area contributed by atoms with Gasteiger partial charge in [0.05, 0.1) is 0 Å². The predicted octanol–water partition coefficient (Wildman–Crippen LogP) is 4.84. The summed E-state index contributed by atoms with van der Waals surface area (Å²) in [6.45, 7) is 14.0. The summed E-state index contributed by atoms with van der Waals surface area (Å²) in [6.07, 6.45) is 11.2. The summed E-state index contributed by atoms with van der Waals surface area (Å²) in [5.41, 5.74) is 0.610. The lowest BCUT2D eigenvalue weighted by Crippen LogP contribution is -2.48. The summed E-state index contributed by atoms with van der Waals surface area (Å²) in [4.78, 5) is 2.67. The van der Waals surface area contributed by atoms with Crippen molar-refractivity contribution in [2.75, 3.05) is 20.1 Å². The lowest BCUT2D eigenvalue weighted by Gasteiger charge is -2.39. The molecule has 0 aliphatic heterocycles. The lowest BCUT2D eigenvalue weighted by molar-refractivity contribution is 0.120. The molecule has 0 amide bonds. The summed E-state index contributed by atoms with van der Waals surface area (Å²) >= 11 is 0. The van der Waals surface area contributed by atoms with E-state index in [4.69, 9.17) is 0 Å². The predicted molar refractivity (Wildman–Crippen MR) is 94.9 cm³/mol. The Kier molecular flexibility index (Phi) is 7.70. The van der Waals surface area contributed by atoms with Gasteiger partial charge in [-0.3, -0.25) is 0 Å². The fourth-order valence-corrected chi connectivity index (χ4v) is 3.74. The first kappa shape index (κ1) is 19.0. The molecule has 1 rings (SSSR count). The van der Waals surface area contributed by atoms with Gasteiger partial charge in [-0.15, -0.1) is 0 Å². The van der Waals surface area contributed by atoms with Crippen molar-refractivity contribution in [1.82, 2.24) is 10.2 Å². The minimum Gasteiger partial charge on any atom is -0.311 e. The average Bonchev–Trinajstić information content (AvgIpc) is 2.65. The van der Waals surface area contributed by atoms with E-state index in [2.05, 4.69) is 51.9 Å². The van der Waals surface area contributed by atoms with Gasteiger partial charge in [-0.2, -0.15) is 0 Å². The van der Waals surface area contributed by atoms with Crippen LogP contribution in [0.25, 0.3) is 0 Å². The van der Waals surface area contributed by atoms with Crippen LogP contribution in [0.2, 0.25) is 0 Å². The van der Waals surface area contributed by atoms with E-state index in [-0.39, 0.29) is 5.54 Å². The van der Waals surface area contributed by atoms with E-state index in [0.29, 0.717) is 5.41 Å². The summed E-state index contributed by atoms with van der Waals surface area (Å²) < 4.78 is 0. The average molecular weight is 297 g/mol. The maximum absolute atomic E-state index is 3.74. The molecule has 0 aromatic heterocycles. The van der Waals surface area contributed by atoms with E-state index < -0.39 is 0 Å². The van der Waals surface area contributed by atoms with E-state index in [9.17, 15) is 0 Å². The zero-order valence-corrected chi connectivity index (χ0v) is 15.6. The van der Waals surface area contributed by atoms with E-state index in [1.54, 1.807) is 0 Å². The molecule has 0 saturated heterocycles. The first-order valence-electron chi connectivity index (χ1n) is 9.21. The molecule has 1 fully saturated rings. The SMILES string of the molecule is CCCC(C)(CNC(C)(C)C)CN(C)C1CCCCCC1. The van der Waals surface area contributed by atoms with Crippen LogP contribution in [0.1, 0.15) is 86.0 Å². The Balaban J connectivity index is 2.57. The van der Waals surface area contributed by atoms with Gasteiger partial charge in [-0.1, -0.05) is 46.0 Å². The molecule has 1 N–H and O–H groups in total. The summed E-state index contributed by atoms with van der Waals surface area (Å²) in [5, 5.41) is 3.74. The number of nitrogens with one attached hydrogen (secondary N) is 1. The molecule has 0 radical (unpaired) electrons. The highest BCUT2D eigenvalue weighted by atomic mass is 15.1. The molecule has 0 heterocycles. The van der Waals surface area contributed by atoms with Crippen molar-refractivity contribution < 1.29 is 0 Å². The van der Waals surface area contributed by atoms with Gasteiger partial charge in [0.15, 0.2) is 0 Å². The van der Waals surface area contributed by atoms with E-state index in [0.717, 1.165) is 12.6 Å². The quantitative estimate of drug-likeness (QED) is 0.677. The molecule has 21 heavy (non-hydrogen) atoms. The fraction of sp³-hybridized carbons (Fsp3) is 1.00. The first-order valence-corrected chi connectivity index (χ1v) is 9.21. The van der Waals surface area contributed by atoms with Crippen LogP contribution in [0.3, 0.4) is 0 Å². The molecule has 1 aliphatic rings. The molecule has 1 aliphatic carbocycles. The van der Waals surface area contributed by atoms with Crippen molar-refractivity contribution >= 4 is 0 Å². The van der Waals surface area contributed by atoms with Gasteiger partial charge in [0.2, 0.25) is 0 Å². The number of rotatable bonds is 7. The molecule has 2 heteroatoms. The van der Waals surface area contributed by atoms with Crippen molar-refractivity contribution in [3.8, 4) is 0 Å². The Labute approximate surface area is 134 Å². The van der Waals surface area contributed by atoms with E-state index >= 15 is 0 Å². The Bertz CT molecular complexity index is 274. The molecule has 2 nitrogen and oxygen atoms in total. The van der Waals surface area contributed by atoms with Crippen LogP contribution >= 0.6 is 0 Å². The van der Waals surface area contributed by atoms with Gasteiger partial charge in [0.1, 0.15) is 0 Å². The third-order valence-electron chi connectivity index (χ3n) is 4.98. The molecule has 1 unspecified atom stereocenters. The molecule has 0 spiro atoms. The zero-order chi connectivity index (χ0) is 15.9. The molecular formula is C19H40N2. The molecule has 126 valence electrons. The Hall–Kier alpha value is -0.0800. The maximum atomic E-state index is 3.74. The molecular weight excluding hydrogens is 256 g/mol. The van der Waals surface area contributed by atoms with Crippen LogP contribution in [0.15, 0.2) is 0 Å². The van der Waals surface area contributed by atoms with Gasteiger partial charge < -0.3 is 10.2 Å². The number of hydrogen-bond donors (Lipinski definition) is 1. The van der Waals surface area contributed by atoms with Gasteiger partial charge in [-0.25, -0.2) is 0 Å². The highest BCUT2D eigenvalue weighted by Gasteiger charge is 2.29. The van der Waals surface area contributed by atoms with Gasteiger partial charge in [0, 0.05) is 24.7 Å². The Morgan fingerprint density at radius 1 is 1.00 bits per heavy atom. The monoisotopic (exact) mass is 296 g/mol. The smallest absolute Gasteiger partial charge is 0.00967 e. The molecule has 0 aromatic rings. The highest BCUT2D eigenvalue weighted by molar-refractivity contribution is 4.85. The van der Waals surface area contributed by atoms with Crippen molar-refractivity contribution in [2.24, 2.45) is 5.41 Å². The second kappa shape index (κ2) is 8.53. The summed E-state index contributed by atoms with van der Waals surface area (Å²) in [6, 6.07) is 0.818. The molecule has 1 saturated carbocycles. The van der Waals surface area contributed by atoms with Crippen molar-refractivity contribution in [3.63, 3.8) is 0 Å². The van der Waals surface area contributed by atoms with Crippen LogP contribution < -0.4 is 5.32 Å². The van der Waals surface area contributed by atoms with E-state index in [1.807, 2.05) is 0 Å². The van der Waals surface area contributed by atoms with E-state index in [1.165, 1.54) is 57.9 Å². The fourth-order valence-electron chi connectivity index (χ4n) is 3.74. The van der Waals surface area contributed by atoms with Crippen molar-refractivity contribution in [2.45, 2.75) is 97.6 Å². The van der Waals surface area contributed by atoms with Crippen LogP contribution in [0.5, 0.6) is 0 Å². The molecule has 1 atom stereocenters. The van der Waals surface area contributed by atoms with Crippen LogP contribution in [-0.4, -0.2) is 36.6 Å².